The van der Waals surface area contributed by atoms with Crippen molar-refractivity contribution in [3.8, 4) is 17.0 Å². The third kappa shape index (κ3) is 6.03. The highest BCUT2D eigenvalue weighted by atomic mass is 32.1. The third-order valence-electron chi connectivity index (χ3n) is 7.86. The maximum atomic E-state index is 12.9. The second-order valence-corrected chi connectivity index (χ2v) is 11.5. The SMILES string of the molecule is Cc1cc(C(=O)N2CCCCC2)ccc1COc1ccc(N)cc1-c1csc(N2CCC(C(=O)O)CC2C)n1. The third-order valence-corrected chi connectivity index (χ3v) is 8.74. The van der Waals surface area contributed by atoms with Crippen molar-refractivity contribution in [3.05, 3.63) is 58.5 Å². The van der Waals surface area contributed by atoms with Crippen molar-refractivity contribution in [2.24, 2.45) is 5.92 Å². The number of aliphatic carboxylic acids is 1. The Morgan fingerprint density at radius 2 is 1.92 bits per heavy atom. The highest BCUT2D eigenvalue weighted by molar-refractivity contribution is 7.14. The van der Waals surface area contributed by atoms with Gasteiger partial charge in [0.15, 0.2) is 5.13 Å². The summed E-state index contributed by atoms with van der Waals surface area (Å²) in [7, 11) is 0. The molecule has 3 N–H and O–H groups in total. The molecule has 3 aromatic rings. The number of piperidine rings is 2. The number of aryl methyl sites for hydroxylation is 1. The van der Waals surface area contributed by atoms with E-state index < -0.39 is 5.97 Å². The molecule has 1 amide bonds. The van der Waals surface area contributed by atoms with E-state index in [0.717, 1.165) is 59.0 Å². The number of amides is 1. The number of carboxylic acids is 1. The summed E-state index contributed by atoms with van der Waals surface area (Å²) in [4.78, 5) is 33.4. The van der Waals surface area contributed by atoms with E-state index in [9.17, 15) is 14.7 Å². The van der Waals surface area contributed by atoms with E-state index in [4.69, 9.17) is 15.5 Å². The molecule has 2 aromatic carbocycles. The minimum Gasteiger partial charge on any atom is -0.488 e. The van der Waals surface area contributed by atoms with Crippen molar-refractivity contribution in [1.29, 1.82) is 0 Å². The van der Waals surface area contributed by atoms with Crippen molar-refractivity contribution in [3.63, 3.8) is 0 Å². The lowest BCUT2D eigenvalue weighted by Crippen LogP contribution is -2.42. The van der Waals surface area contributed by atoms with Gasteiger partial charge in [0, 0.05) is 47.9 Å². The van der Waals surface area contributed by atoms with Gasteiger partial charge in [-0.2, -0.15) is 0 Å². The number of nitrogens with zero attached hydrogens (tertiary/aromatic N) is 3. The number of benzene rings is 2. The number of likely N-dealkylation sites (tertiary alicyclic amines) is 1. The lowest BCUT2D eigenvalue weighted by molar-refractivity contribution is -0.142. The fraction of sp³-hybridized carbons (Fsp3) is 0.433. The van der Waals surface area contributed by atoms with Crippen LogP contribution in [0.1, 0.15) is 60.5 Å². The zero-order chi connectivity index (χ0) is 27.5. The number of carbonyl (C=O) groups is 2. The van der Waals surface area contributed by atoms with Gasteiger partial charge in [0.1, 0.15) is 12.4 Å². The maximum Gasteiger partial charge on any atom is 0.306 e. The van der Waals surface area contributed by atoms with Gasteiger partial charge in [0.05, 0.1) is 11.6 Å². The Bertz CT molecular complexity index is 1350. The van der Waals surface area contributed by atoms with Crippen LogP contribution in [0.5, 0.6) is 5.75 Å². The highest BCUT2D eigenvalue weighted by Gasteiger charge is 2.31. The molecule has 5 rings (SSSR count). The first-order valence-electron chi connectivity index (χ1n) is 13.7. The first-order valence-corrected chi connectivity index (χ1v) is 14.5. The Hall–Kier alpha value is -3.59. The predicted octanol–water partition coefficient (Wildman–Crippen LogP) is 5.60. The quantitative estimate of drug-likeness (QED) is 0.370. The van der Waals surface area contributed by atoms with Gasteiger partial charge >= 0.3 is 5.97 Å². The lowest BCUT2D eigenvalue weighted by Gasteiger charge is -2.36. The molecule has 2 atom stereocenters. The van der Waals surface area contributed by atoms with Gasteiger partial charge in [-0.1, -0.05) is 6.07 Å². The molecule has 2 saturated heterocycles. The summed E-state index contributed by atoms with van der Waals surface area (Å²) in [5, 5.41) is 12.3. The van der Waals surface area contributed by atoms with Crippen molar-refractivity contribution in [2.75, 3.05) is 30.3 Å². The fourth-order valence-electron chi connectivity index (χ4n) is 5.50. The van der Waals surface area contributed by atoms with E-state index in [2.05, 4.69) is 11.8 Å². The molecule has 1 aromatic heterocycles. The molecule has 2 fully saturated rings. The van der Waals surface area contributed by atoms with Crippen LogP contribution in [0.3, 0.4) is 0 Å². The number of hydrogen-bond donors (Lipinski definition) is 2. The van der Waals surface area contributed by atoms with Crippen LogP contribution < -0.4 is 15.4 Å². The molecule has 0 radical (unpaired) electrons. The summed E-state index contributed by atoms with van der Waals surface area (Å²) in [5.41, 5.74) is 11.1. The van der Waals surface area contributed by atoms with E-state index in [-0.39, 0.29) is 17.9 Å². The molecule has 206 valence electrons. The molecule has 0 spiro atoms. The van der Waals surface area contributed by atoms with E-state index in [1.165, 1.54) is 6.42 Å². The molecule has 0 bridgehead atoms. The molecule has 0 saturated carbocycles. The van der Waals surface area contributed by atoms with Crippen molar-refractivity contribution in [1.82, 2.24) is 9.88 Å². The summed E-state index contributed by atoms with van der Waals surface area (Å²) in [5.74, 6) is -0.232. The molecular formula is C30H36N4O4S. The van der Waals surface area contributed by atoms with E-state index in [1.807, 2.05) is 53.6 Å². The zero-order valence-electron chi connectivity index (χ0n) is 22.6. The minimum absolute atomic E-state index is 0.100. The zero-order valence-corrected chi connectivity index (χ0v) is 23.4. The number of nitrogen functional groups attached to an aromatic ring is 1. The summed E-state index contributed by atoms with van der Waals surface area (Å²) < 4.78 is 6.28. The number of aromatic nitrogens is 1. The average Bonchev–Trinajstić information content (AvgIpc) is 3.42. The van der Waals surface area contributed by atoms with Crippen LogP contribution in [0.15, 0.2) is 41.8 Å². The highest BCUT2D eigenvalue weighted by Crippen LogP contribution is 2.37. The van der Waals surface area contributed by atoms with Crippen molar-refractivity contribution >= 4 is 34.0 Å². The second kappa shape index (κ2) is 11.7. The minimum atomic E-state index is -0.721. The summed E-state index contributed by atoms with van der Waals surface area (Å²) in [6.07, 6.45) is 4.56. The Morgan fingerprint density at radius 1 is 1.13 bits per heavy atom. The number of anilines is 2. The number of hydrogen-bond acceptors (Lipinski definition) is 7. The summed E-state index contributed by atoms with van der Waals surface area (Å²) >= 11 is 1.55. The molecule has 3 heterocycles. The smallest absolute Gasteiger partial charge is 0.306 e. The van der Waals surface area contributed by atoms with Crippen molar-refractivity contribution < 1.29 is 19.4 Å². The Kier molecular flexibility index (Phi) is 8.07. The summed E-state index contributed by atoms with van der Waals surface area (Å²) in [6, 6.07) is 11.5. The van der Waals surface area contributed by atoms with Gasteiger partial charge < -0.3 is 25.4 Å². The second-order valence-electron chi connectivity index (χ2n) is 10.7. The first kappa shape index (κ1) is 27.0. The number of nitrogens with two attached hydrogens (primary N) is 1. The largest absolute Gasteiger partial charge is 0.488 e. The molecule has 9 heteroatoms. The number of rotatable bonds is 7. The normalized spacial score (nSPS) is 19.6. The molecule has 0 aliphatic carbocycles. The predicted molar refractivity (Wildman–Crippen MR) is 154 cm³/mol. The first-order chi connectivity index (χ1) is 18.8. The van der Waals surface area contributed by atoms with Crippen LogP contribution in [-0.2, 0) is 11.4 Å². The molecule has 2 aliphatic heterocycles. The molecule has 2 unspecified atom stereocenters. The monoisotopic (exact) mass is 548 g/mol. The topological polar surface area (TPSA) is 109 Å². The molecule has 2 aliphatic rings. The number of carbonyl (C=O) groups excluding carboxylic acids is 1. The fourth-order valence-corrected chi connectivity index (χ4v) is 6.45. The van der Waals surface area contributed by atoms with Gasteiger partial charge in [-0.25, -0.2) is 4.98 Å². The van der Waals surface area contributed by atoms with Crippen LogP contribution in [-0.4, -0.2) is 52.5 Å². The van der Waals surface area contributed by atoms with Gasteiger partial charge in [-0.05, 0) is 87.4 Å². The number of ether oxygens (including phenoxy) is 1. The standard InChI is InChI=1S/C30H36N4O4S/c1-19-14-21(28(35)33-11-4-3-5-12-33)6-7-23(19)17-38-27-9-8-24(31)16-25(27)26-18-39-30(32-26)34-13-10-22(29(36)37)15-20(34)2/h6-9,14,16,18,20,22H,3-5,10-13,15,17,31H2,1-2H3,(H,36,37). The van der Waals surface area contributed by atoms with E-state index in [0.29, 0.717) is 37.4 Å². The Balaban J connectivity index is 1.30. The lowest BCUT2D eigenvalue weighted by atomic mass is 9.92. The summed E-state index contributed by atoms with van der Waals surface area (Å²) in [6.45, 7) is 6.76. The number of carboxylic acid groups (broad SMARTS) is 1. The van der Waals surface area contributed by atoms with Gasteiger partial charge in [0.2, 0.25) is 0 Å². The average molecular weight is 549 g/mol. The molecular weight excluding hydrogens is 512 g/mol. The Morgan fingerprint density at radius 3 is 2.64 bits per heavy atom. The maximum absolute atomic E-state index is 12.9. The van der Waals surface area contributed by atoms with Gasteiger partial charge in [-0.3, -0.25) is 9.59 Å². The molecule has 39 heavy (non-hydrogen) atoms. The van der Waals surface area contributed by atoms with Gasteiger partial charge in [0.25, 0.3) is 5.91 Å². The van der Waals surface area contributed by atoms with E-state index >= 15 is 0 Å². The van der Waals surface area contributed by atoms with E-state index in [1.54, 1.807) is 11.3 Å². The van der Waals surface area contributed by atoms with Crippen LogP contribution in [0.2, 0.25) is 0 Å². The number of thiazole rings is 1. The molecule has 8 nitrogen and oxygen atoms in total. The van der Waals surface area contributed by atoms with Crippen LogP contribution in [0.25, 0.3) is 11.3 Å². The van der Waals surface area contributed by atoms with Crippen LogP contribution in [0, 0.1) is 12.8 Å². The van der Waals surface area contributed by atoms with Crippen LogP contribution >= 0.6 is 11.3 Å². The van der Waals surface area contributed by atoms with Crippen LogP contribution in [0.4, 0.5) is 10.8 Å². The Labute approximate surface area is 233 Å². The van der Waals surface area contributed by atoms with Gasteiger partial charge in [-0.15, -0.1) is 11.3 Å². The van der Waals surface area contributed by atoms with Crippen molar-refractivity contribution in [2.45, 2.75) is 58.6 Å².